The maximum absolute atomic E-state index is 4.71. The number of nitrogens with one attached hydrogen (secondary N) is 1. The van der Waals surface area contributed by atoms with Crippen LogP contribution in [-0.4, -0.2) is 23.6 Å². The van der Waals surface area contributed by atoms with Crippen molar-refractivity contribution in [2.75, 3.05) is 13.6 Å². The zero-order chi connectivity index (χ0) is 14.5. The fourth-order valence-electron chi connectivity index (χ4n) is 2.33. The predicted molar refractivity (Wildman–Crippen MR) is 83.9 cm³/mol. The van der Waals surface area contributed by atoms with Crippen LogP contribution in [0.4, 0.5) is 0 Å². The van der Waals surface area contributed by atoms with Crippen molar-refractivity contribution in [2.45, 2.75) is 33.6 Å². The van der Waals surface area contributed by atoms with Crippen LogP contribution in [0.25, 0.3) is 11.3 Å². The topological polar surface area (TPSA) is 37.8 Å². The highest BCUT2D eigenvalue weighted by Gasteiger charge is 2.08. The fourth-order valence-corrected chi connectivity index (χ4v) is 2.33. The van der Waals surface area contributed by atoms with Gasteiger partial charge in [-0.1, -0.05) is 12.1 Å². The van der Waals surface area contributed by atoms with E-state index in [1.807, 2.05) is 19.3 Å². The highest BCUT2D eigenvalue weighted by molar-refractivity contribution is 5.65. The standard InChI is InChI=1S/C17H23N3/c1-12-7-8-15(14(3)13(12)2)16-9-11-19-17(20-16)6-5-10-18-4/h7-9,11,18H,5-6,10H2,1-4H3. The van der Waals surface area contributed by atoms with E-state index in [4.69, 9.17) is 4.98 Å². The molecule has 0 aliphatic heterocycles. The molecule has 20 heavy (non-hydrogen) atoms. The molecule has 1 N–H and O–H groups in total. The van der Waals surface area contributed by atoms with Gasteiger partial charge in [0.25, 0.3) is 0 Å². The zero-order valence-corrected chi connectivity index (χ0v) is 12.8. The highest BCUT2D eigenvalue weighted by Crippen LogP contribution is 2.25. The van der Waals surface area contributed by atoms with Gasteiger partial charge in [-0.3, -0.25) is 0 Å². The minimum absolute atomic E-state index is 0.915. The Hall–Kier alpha value is -1.74. The Morgan fingerprint density at radius 3 is 2.60 bits per heavy atom. The lowest BCUT2D eigenvalue weighted by molar-refractivity contribution is 0.702. The number of hydrogen-bond donors (Lipinski definition) is 1. The quantitative estimate of drug-likeness (QED) is 0.847. The van der Waals surface area contributed by atoms with Crippen molar-refractivity contribution < 1.29 is 0 Å². The van der Waals surface area contributed by atoms with E-state index in [9.17, 15) is 0 Å². The molecule has 0 fully saturated rings. The smallest absolute Gasteiger partial charge is 0.128 e. The van der Waals surface area contributed by atoms with Crippen LogP contribution >= 0.6 is 0 Å². The summed E-state index contributed by atoms with van der Waals surface area (Å²) in [6, 6.07) is 6.33. The average molecular weight is 269 g/mol. The summed E-state index contributed by atoms with van der Waals surface area (Å²) in [5.41, 5.74) is 6.22. The zero-order valence-electron chi connectivity index (χ0n) is 12.8. The summed E-state index contributed by atoms with van der Waals surface area (Å²) < 4.78 is 0. The minimum atomic E-state index is 0.915. The van der Waals surface area contributed by atoms with Gasteiger partial charge >= 0.3 is 0 Å². The maximum atomic E-state index is 4.71. The lowest BCUT2D eigenvalue weighted by atomic mass is 9.97. The molecule has 3 nitrogen and oxygen atoms in total. The lowest BCUT2D eigenvalue weighted by Gasteiger charge is -2.11. The van der Waals surface area contributed by atoms with Gasteiger partial charge in [0, 0.05) is 18.2 Å². The fraction of sp³-hybridized carbons (Fsp3) is 0.412. The van der Waals surface area contributed by atoms with Gasteiger partial charge in [0.05, 0.1) is 5.69 Å². The molecule has 0 atom stereocenters. The molecule has 3 heteroatoms. The second-order valence-electron chi connectivity index (χ2n) is 5.25. The molecule has 0 amide bonds. The van der Waals surface area contributed by atoms with Crippen LogP contribution in [0.15, 0.2) is 24.4 Å². The summed E-state index contributed by atoms with van der Waals surface area (Å²) in [5, 5.41) is 3.15. The number of nitrogens with zero attached hydrogens (tertiary/aromatic N) is 2. The van der Waals surface area contributed by atoms with E-state index in [0.717, 1.165) is 30.9 Å². The molecule has 0 bridgehead atoms. The summed E-state index contributed by atoms with van der Waals surface area (Å²) in [4.78, 5) is 9.08. The van der Waals surface area contributed by atoms with E-state index in [1.165, 1.54) is 22.3 Å². The monoisotopic (exact) mass is 269 g/mol. The normalized spacial score (nSPS) is 10.8. The highest BCUT2D eigenvalue weighted by atomic mass is 14.9. The molecule has 0 spiro atoms. The average Bonchev–Trinajstić information content (AvgIpc) is 2.46. The second-order valence-corrected chi connectivity index (χ2v) is 5.25. The predicted octanol–water partition coefficient (Wildman–Crippen LogP) is 3.22. The molecule has 0 saturated heterocycles. The molecular weight excluding hydrogens is 246 g/mol. The summed E-state index contributed by atoms with van der Waals surface area (Å²) in [5.74, 6) is 0.926. The van der Waals surface area contributed by atoms with Gasteiger partial charge in [-0.2, -0.15) is 0 Å². The van der Waals surface area contributed by atoms with Crippen LogP contribution < -0.4 is 5.32 Å². The molecular formula is C17H23N3. The van der Waals surface area contributed by atoms with Crippen LogP contribution in [0.5, 0.6) is 0 Å². The Balaban J connectivity index is 2.29. The Kier molecular flexibility index (Phi) is 4.85. The third-order valence-electron chi connectivity index (χ3n) is 3.87. The SMILES string of the molecule is CNCCCc1nccc(-c2ccc(C)c(C)c2C)n1. The molecule has 0 saturated carbocycles. The Labute approximate surface area is 121 Å². The van der Waals surface area contributed by atoms with Crippen LogP contribution in [0.2, 0.25) is 0 Å². The summed E-state index contributed by atoms with van der Waals surface area (Å²) in [6.07, 6.45) is 3.84. The van der Waals surface area contributed by atoms with Crippen molar-refractivity contribution in [3.8, 4) is 11.3 Å². The summed E-state index contributed by atoms with van der Waals surface area (Å²) in [6.45, 7) is 7.48. The summed E-state index contributed by atoms with van der Waals surface area (Å²) >= 11 is 0. The minimum Gasteiger partial charge on any atom is -0.320 e. The molecule has 2 rings (SSSR count). The first-order chi connectivity index (χ1) is 9.63. The van der Waals surface area contributed by atoms with E-state index in [2.05, 4.69) is 43.2 Å². The molecule has 1 aromatic carbocycles. The van der Waals surface area contributed by atoms with Crippen LogP contribution in [0.3, 0.4) is 0 Å². The second kappa shape index (κ2) is 6.62. The van der Waals surface area contributed by atoms with Crippen molar-refractivity contribution in [3.05, 3.63) is 46.9 Å². The third kappa shape index (κ3) is 3.23. The van der Waals surface area contributed by atoms with E-state index >= 15 is 0 Å². The number of aryl methyl sites for hydroxylation is 2. The van der Waals surface area contributed by atoms with Crippen molar-refractivity contribution in [1.82, 2.24) is 15.3 Å². The van der Waals surface area contributed by atoms with E-state index < -0.39 is 0 Å². The van der Waals surface area contributed by atoms with Crippen LogP contribution in [-0.2, 0) is 6.42 Å². The van der Waals surface area contributed by atoms with E-state index in [-0.39, 0.29) is 0 Å². The van der Waals surface area contributed by atoms with Crippen LogP contribution in [0, 0.1) is 20.8 Å². The largest absolute Gasteiger partial charge is 0.320 e. The van der Waals surface area contributed by atoms with Crippen molar-refractivity contribution in [3.63, 3.8) is 0 Å². The number of rotatable bonds is 5. The van der Waals surface area contributed by atoms with Gasteiger partial charge < -0.3 is 5.32 Å². The first-order valence-corrected chi connectivity index (χ1v) is 7.17. The molecule has 0 unspecified atom stereocenters. The molecule has 1 aromatic heterocycles. The molecule has 2 aromatic rings. The van der Waals surface area contributed by atoms with Crippen molar-refractivity contribution in [1.29, 1.82) is 0 Å². The van der Waals surface area contributed by atoms with Gasteiger partial charge in [0.2, 0.25) is 0 Å². The van der Waals surface area contributed by atoms with Gasteiger partial charge in [-0.05, 0) is 63.5 Å². The van der Waals surface area contributed by atoms with E-state index in [0.29, 0.717) is 0 Å². The van der Waals surface area contributed by atoms with Gasteiger partial charge in [0.15, 0.2) is 0 Å². The van der Waals surface area contributed by atoms with Crippen molar-refractivity contribution in [2.24, 2.45) is 0 Å². The van der Waals surface area contributed by atoms with Gasteiger partial charge in [0.1, 0.15) is 5.82 Å². The summed E-state index contributed by atoms with van der Waals surface area (Å²) in [7, 11) is 1.97. The van der Waals surface area contributed by atoms with Crippen LogP contribution in [0.1, 0.15) is 28.9 Å². The molecule has 0 aliphatic carbocycles. The maximum Gasteiger partial charge on any atom is 0.128 e. The van der Waals surface area contributed by atoms with Gasteiger partial charge in [-0.15, -0.1) is 0 Å². The van der Waals surface area contributed by atoms with Gasteiger partial charge in [-0.25, -0.2) is 9.97 Å². The molecule has 106 valence electrons. The first kappa shape index (κ1) is 14.7. The lowest BCUT2D eigenvalue weighted by Crippen LogP contribution is -2.09. The number of aromatic nitrogens is 2. The third-order valence-corrected chi connectivity index (χ3v) is 3.87. The number of benzene rings is 1. The molecule has 0 aliphatic rings. The molecule has 0 radical (unpaired) electrons. The molecule has 1 heterocycles. The number of hydrogen-bond acceptors (Lipinski definition) is 3. The Bertz CT molecular complexity index is 591. The van der Waals surface area contributed by atoms with Crippen molar-refractivity contribution >= 4 is 0 Å². The van der Waals surface area contributed by atoms with E-state index in [1.54, 1.807) is 0 Å². The first-order valence-electron chi connectivity index (χ1n) is 7.17. The Morgan fingerprint density at radius 2 is 1.85 bits per heavy atom. The Morgan fingerprint density at radius 1 is 1.05 bits per heavy atom.